The van der Waals surface area contributed by atoms with Gasteiger partial charge < -0.3 is 10.2 Å². The average Bonchev–Trinajstić information content (AvgIpc) is 2.71. The van der Waals surface area contributed by atoms with Gasteiger partial charge in [-0.3, -0.25) is 0 Å². The number of nitrogens with one attached hydrogen (secondary N) is 1. The highest BCUT2D eigenvalue weighted by Crippen LogP contribution is 2.27. The SMILES string of the molecule is CCC1CCCCCN1c1cc(NC)nc(SC)n1. The molecule has 1 aliphatic heterocycles. The predicted octanol–water partition coefficient (Wildman–Crippen LogP) is 3.40. The quantitative estimate of drug-likeness (QED) is 0.676. The van der Waals surface area contributed by atoms with Crippen LogP contribution in [0.5, 0.6) is 0 Å². The van der Waals surface area contributed by atoms with E-state index < -0.39 is 0 Å². The molecule has 0 saturated carbocycles. The molecule has 0 aliphatic carbocycles. The summed E-state index contributed by atoms with van der Waals surface area (Å²) in [5.41, 5.74) is 0. The highest BCUT2D eigenvalue weighted by molar-refractivity contribution is 7.98. The van der Waals surface area contributed by atoms with Gasteiger partial charge in [-0.2, -0.15) is 0 Å². The van der Waals surface area contributed by atoms with Crippen molar-refractivity contribution in [3.8, 4) is 0 Å². The van der Waals surface area contributed by atoms with Crippen LogP contribution in [-0.2, 0) is 0 Å². The Hall–Kier alpha value is -0.970. The van der Waals surface area contributed by atoms with E-state index >= 15 is 0 Å². The molecule has 1 aliphatic rings. The van der Waals surface area contributed by atoms with E-state index in [0.717, 1.165) is 23.3 Å². The fourth-order valence-corrected chi connectivity index (χ4v) is 3.06. The molecule has 4 nitrogen and oxygen atoms in total. The fourth-order valence-electron chi connectivity index (χ4n) is 2.68. The van der Waals surface area contributed by atoms with Crippen LogP contribution < -0.4 is 10.2 Å². The van der Waals surface area contributed by atoms with Crippen LogP contribution in [0.4, 0.5) is 11.6 Å². The number of anilines is 2. The van der Waals surface area contributed by atoms with Crippen LogP contribution >= 0.6 is 11.8 Å². The van der Waals surface area contributed by atoms with Gasteiger partial charge in [0.2, 0.25) is 0 Å². The summed E-state index contributed by atoms with van der Waals surface area (Å²) >= 11 is 1.60. The summed E-state index contributed by atoms with van der Waals surface area (Å²) < 4.78 is 0. The van der Waals surface area contributed by atoms with E-state index in [1.165, 1.54) is 32.1 Å². The van der Waals surface area contributed by atoms with Crippen molar-refractivity contribution >= 4 is 23.4 Å². The third kappa shape index (κ3) is 3.53. The van der Waals surface area contributed by atoms with Gasteiger partial charge in [0.25, 0.3) is 0 Å². The first-order valence-corrected chi connectivity index (χ1v) is 8.38. The van der Waals surface area contributed by atoms with Crippen molar-refractivity contribution in [2.45, 2.75) is 50.2 Å². The standard InChI is InChI=1S/C14H24N4S/c1-4-11-8-6-5-7-9-18(11)13-10-12(15-2)16-14(17-13)19-3/h10-11H,4-9H2,1-3H3,(H,15,16,17). The number of nitrogens with zero attached hydrogens (tertiary/aromatic N) is 3. The van der Waals surface area contributed by atoms with Crippen molar-refractivity contribution in [2.24, 2.45) is 0 Å². The van der Waals surface area contributed by atoms with Crippen molar-refractivity contribution in [1.29, 1.82) is 0 Å². The number of aromatic nitrogens is 2. The van der Waals surface area contributed by atoms with Crippen LogP contribution in [0.2, 0.25) is 0 Å². The molecule has 2 heterocycles. The highest BCUT2D eigenvalue weighted by Gasteiger charge is 2.21. The van der Waals surface area contributed by atoms with Crippen LogP contribution in [0.15, 0.2) is 11.2 Å². The molecule has 106 valence electrons. The first kappa shape index (κ1) is 14.4. The van der Waals surface area contributed by atoms with Crippen molar-refractivity contribution in [3.63, 3.8) is 0 Å². The van der Waals surface area contributed by atoms with Crippen molar-refractivity contribution < 1.29 is 0 Å². The summed E-state index contributed by atoms with van der Waals surface area (Å²) in [6.07, 6.45) is 8.44. The average molecular weight is 280 g/mol. The molecule has 5 heteroatoms. The molecule has 1 fully saturated rings. The Bertz CT molecular complexity index is 388. The number of hydrogen-bond donors (Lipinski definition) is 1. The van der Waals surface area contributed by atoms with Crippen LogP contribution in [0, 0.1) is 0 Å². The topological polar surface area (TPSA) is 41.0 Å². The van der Waals surface area contributed by atoms with Crippen molar-refractivity contribution in [3.05, 3.63) is 6.07 Å². The summed E-state index contributed by atoms with van der Waals surface area (Å²) in [6, 6.07) is 2.70. The molecular formula is C14H24N4S. The van der Waals surface area contributed by atoms with Gasteiger partial charge >= 0.3 is 0 Å². The summed E-state index contributed by atoms with van der Waals surface area (Å²) in [7, 11) is 1.91. The van der Waals surface area contributed by atoms with Gasteiger partial charge in [-0.15, -0.1) is 0 Å². The van der Waals surface area contributed by atoms with E-state index in [4.69, 9.17) is 4.98 Å². The van der Waals surface area contributed by atoms with Gasteiger partial charge in [-0.25, -0.2) is 9.97 Å². The Balaban J connectivity index is 2.31. The second-order valence-corrected chi connectivity index (χ2v) is 5.73. The largest absolute Gasteiger partial charge is 0.373 e. The van der Waals surface area contributed by atoms with Crippen LogP contribution in [-0.4, -0.2) is 35.9 Å². The Kier molecular flexibility index (Phi) is 5.31. The Morgan fingerprint density at radius 3 is 2.89 bits per heavy atom. The monoisotopic (exact) mass is 280 g/mol. The number of hydrogen-bond acceptors (Lipinski definition) is 5. The van der Waals surface area contributed by atoms with E-state index in [2.05, 4.69) is 28.2 Å². The third-order valence-corrected chi connectivity index (χ3v) is 4.32. The highest BCUT2D eigenvalue weighted by atomic mass is 32.2. The smallest absolute Gasteiger partial charge is 0.191 e. The molecule has 0 spiro atoms. The van der Waals surface area contributed by atoms with Crippen molar-refractivity contribution in [2.75, 3.05) is 30.1 Å². The van der Waals surface area contributed by atoms with Crippen LogP contribution in [0.3, 0.4) is 0 Å². The van der Waals surface area contributed by atoms with E-state index in [-0.39, 0.29) is 0 Å². The fraction of sp³-hybridized carbons (Fsp3) is 0.714. The van der Waals surface area contributed by atoms with Crippen LogP contribution in [0.1, 0.15) is 39.0 Å². The molecule has 1 atom stereocenters. The van der Waals surface area contributed by atoms with E-state index in [0.29, 0.717) is 6.04 Å². The van der Waals surface area contributed by atoms with Gasteiger partial charge in [-0.05, 0) is 25.5 Å². The third-order valence-electron chi connectivity index (χ3n) is 3.77. The molecular weight excluding hydrogens is 256 g/mol. The Morgan fingerprint density at radius 1 is 1.37 bits per heavy atom. The zero-order valence-electron chi connectivity index (χ0n) is 12.1. The second kappa shape index (κ2) is 6.98. The summed E-state index contributed by atoms with van der Waals surface area (Å²) in [4.78, 5) is 11.6. The summed E-state index contributed by atoms with van der Waals surface area (Å²) in [6.45, 7) is 3.39. The van der Waals surface area contributed by atoms with Gasteiger partial charge in [0.15, 0.2) is 5.16 Å². The number of rotatable bonds is 4. The van der Waals surface area contributed by atoms with E-state index in [9.17, 15) is 0 Å². The van der Waals surface area contributed by atoms with Gasteiger partial charge in [0.1, 0.15) is 11.6 Å². The zero-order chi connectivity index (χ0) is 13.7. The lowest BCUT2D eigenvalue weighted by Gasteiger charge is -2.30. The van der Waals surface area contributed by atoms with Crippen LogP contribution in [0.25, 0.3) is 0 Å². The Morgan fingerprint density at radius 2 is 2.21 bits per heavy atom. The molecule has 1 aromatic heterocycles. The maximum absolute atomic E-state index is 4.70. The molecule has 1 saturated heterocycles. The summed E-state index contributed by atoms with van der Waals surface area (Å²) in [5, 5.41) is 3.99. The molecule has 1 unspecified atom stereocenters. The first-order valence-electron chi connectivity index (χ1n) is 7.16. The first-order chi connectivity index (χ1) is 9.28. The molecule has 2 rings (SSSR count). The molecule has 0 amide bonds. The van der Waals surface area contributed by atoms with Gasteiger partial charge in [-0.1, -0.05) is 31.5 Å². The maximum atomic E-state index is 4.70. The van der Waals surface area contributed by atoms with Gasteiger partial charge in [0, 0.05) is 25.7 Å². The normalized spacial score (nSPS) is 20.2. The van der Waals surface area contributed by atoms with E-state index in [1.54, 1.807) is 11.8 Å². The lowest BCUT2D eigenvalue weighted by molar-refractivity contribution is 0.550. The Labute approximate surface area is 120 Å². The predicted molar refractivity (Wildman–Crippen MR) is 83.3 cm³/mol. The molecule has 1 N–H and O–H groups in total. The zero-order valence-corrected chi connectivity index (χ0v) is 13.0. The number of thioether (sulfide) groups is 1. The summed E-state index contributed by atoms with van der Waals surface area (Å²) in [5.74, 6) is 1.99. The lowest BCUT2D eigenvalue weighted by Crippen LogP contribution is -2.35. The molecule has 0 radical (unpaired) electrons. The molecule has 0 aromatic carbocycles. The molecule has 19 heavy (non-hydrogen) atoms. The molecule has 0 bridgehead atoms. The van der Waals surface area contributed by atoms with E-state index in [1.807, 2.05) is 13.3 Å². The minimum atomic E-state index is 0.622. The second-order valence-electron chi connectivity index (χ2n) is 4.95. The lowest BCUT2D eigenvalue weighted by atomic mass is 10.1. The minimum Gasteiger partial charge on any atom is -0.373 e. The molecule has 1 aromatic rings. The van der Waals surface area contributed by atoms with Crippen molar-refractivity contribution in [1.82, 2.24) is 9.97 Å². The minimum absolute atomic E-state index is 0.622. The van der Waals surface area contributed by atoms with Gasteiger partial charge in [0.05, 0.1) is 0 Å². The maximum Gasteiger partial charge on any atom is 0.191 e.